The van der Waals surface area contributed by atoms with Crippen LogP contribution < -0.4 is 15.0 Å². The van der Waals surface area contributed by atoms with Crippen molar-refractivity contribution >= 4 is 29.3 Å². The molecule has 0 bridgehead atoms. The van der Waals surface area contributed by atoms with Gasteiger partial charge in [-0.05, 0) is 49.7 Å². The van der Waals surface area contributed by atoms with Crippen LogP contribution >= 0.6 is 0 Å². The highest BCUT2D eigenvalue weighted by molar-refractivity contribution is 6.21. The molecule has 2 aliphatic heterocycles. The van der Waals surface area contributed by atoms with E-state index in [1.54, 1.807) is 29.2 Å². The SMILES string of the molecule is CCOc1ccc(N2CC(NC(=O)CCCN3C(=O)c4ccccc4C3=O)CC2=O)cc1. The zero-order valence-corrected chi connectivity index (χ0v) is 17.9. The average molecular weight is 435 g/mol. The second-order valence-corrected chi connectivity index (χ2v) is 7.81. The first-order chi connectivity index (χ1) is 15.5. The molecule has 0 spiro atoms. The maximum Gasteiger partial charge on any atom is 0.261 e. The fourth-order valence-corrected chi connectivity index (χ4v) is 4.08. The van der Waals surface area contributed by atoms with Crippen LogP contribution in [0, 0.1) is 0 Å². The monoisotopic (exact) mass is 435 g/mol. The predicted octanol–water partition coefficient (Wildman–Crippen LogP) is 2.38. The zero-order chi connectivity index (χ0) is 22.7. The van der Waals surface area contributed by atoms with Crippen molar-refractivity contribution in [2.75, 3.05) is 24.6 Å². The summed E-state index contributed by atoms with van der Waals surface area (Å²) >= 11 is 0. The number of fused-ring (bicyclic) bond motifs is 1. The molecule has 4 rings (SSSR count). The minimum atomic E-state index is -0.321. The molecule has 0 saturated carbocycles. The molecule has 1 atom stereocenters. The summed E-state index contributed by atoms with van der Waals surface area (Å²) in [6.45, 7) is 3.06. The van der Waals surface area contributed by atoms with E-state index in [4.69, 9.17) is 4.74 Å². The number of hydrogen-bond donors (Lipinski definition) is 1. The number of rotatable bonds is 8. The highest BCUT2D eigenvalue weighted by Crippen LogP contribution is 2.25. The summed E-state index contributed by atoms with van der Waals surface area (Å²) in [5.41, 5.74) is 1.57. The Balaban J connectivity index is 1.25. The zero-order valence-electron chi connectivity index (χ0n) is 17.9. The maximum absolute atomic E-state index is 12.4. The molecule has 1 saturated heterocycles. The molecule has 8 heteroatoms. The summed E-state index contributed by atoms with van der Waals surface area (Å²) < 4.78 is 5.42. The quantitative estimate of drug-likeness (QED) is 0.643. The number of nitrogens with one attached hydrogen (secondary N) is 1. The Bertz CT molecular complexity index is 1010. The topological polar surface area (TPSA) is 96.0 Å². The molecule has 1 unspecified atom stereocenters. The number of carbonyl (C=O) groups is 4. The van der Waals surface area contributed by atoms with Crippen molar-refractivity contribution in [1.82, 2.24) is 10.2 Å². The van der Waals surface area contributed by atoms with E-state index in [0.29, 0.717) is 30.7 Å². The average Bonchev–Trinajstić information content (AvgIpc) is 3.27. The van der Waals surface area contributed by atoms with E-state index in [2.05, 4.69) is 5.32 Å². The number of anilines is 1. The Morgan fingerprint density at radius 3 is 2.31 bits per heavy atom. The van der Waals surface area contributed by atoms with Gasteiger partial charge in [-0.1, -0.05) is 12.1 Å². The molecule has 2 aliphatic rings. The molecule has 2 aromatic rings. The van der Waals surface area contributed by atoms with E-state index in [1.165, 1.54) is 4.90 Å². The Labute approximate surface area is 186 Å². The van der Waals surface area contributed by atoms with E-state index < -0.39 is 0 Å². The van der Waals surface area contributed by atoms with Gasteiger partial charge in [-0.3, -0.25) is 24.1 Å². The highest BCUT2D eigenvalue weighted by atomic mass is 16.5. The number of benzene rings is 2. The summed E-state index contributed by atoms with van der Waals surface area (Å²) in [5, 5.41) is 2.89. The first kappa shape index (κ1) is 21.5. The molecule has 4 amide bonds. The van der Waals surface area contributed by atoms with Crippen molar-refractivity contribution in [2.24, 2.45) is 0 Å². The predicted molar refractivity (Wildman–Crippen MR) is 118 cm³/mol. The fraction of sp³-hybridized carbons (Fsp3) is 0.333. The van der Waals surface area contributed by atoms with Crippen LogP contribution in [0.25, 0.3) is 0 Å². The van der Waals surface area contributed by atoms with E-state index >= 15 is 0 Å². The lowest BCUT2D eigenvalue weighted by atomic mass is 10.1. The molecule has 0 radical (unpaired) electrons. The van der Waals surface area contributed by atoms with Crippen molar-refractivity contribution in [1.29, 1.82) is 0 Å². The van der Waals surface area contributed by atoms with E-state index in [1.807, 2.05) is 31.2 Å². The largest absolute Gasteiger partial charge is 0.494 e. The van der Waals surface area contributed by atoms with Gasteiger partial charge in [-0.25, -0.2) is 0 Å². The third-order valence-electron chi connectivity index (χ3n) is 5.61. The second-order valence-electron chi connectivity index (χ2n) is 7.81. The van der Waals surface area contributed by atoms with Crippen LogP contribution in [0.4, 0.5) is 5.69 Å². The molecule has 166 valence electrons. The first-order valence-corrected chi connectivity index (χ1v) is 10.8. The van der Waals surface area contributed by atoms with Gasteiger partial charge in [0.25, 0.3) is 11.8 Å². The number of amides is 4. The van der Waals surface area contributed by atoms with Gasteiger partial charge in [0.2, 0.25) is 11.8 Å². The Morgan fingerprint density at radius 1 is 1.03 bits per heavy atom. The number of imide groups is 1. The van der Waals surface area contributed by atoms with Crippen molar-refractivity contribution < 1.29 is 23.9 Å². The Morgan fingerprint density at radius 2 is 1.69 bits per heavy atom. The summed E-state index contributed by atoms with van der Waals surface area (Å²) in [7, 11) is 0. The number of carbonyl (C=O) groups excluding carboxylic acids is 4. The molecule has 1 N–H and O–H groups in total. The molecule has 32 heavy (non-hydrogen) atoms. The molecule has 1 fully saturated rings. The van der Waals surface area contributed by atoms with Crippen molar-refractivity contribution in [3.8, 4) is 5.75 Å². The van der Waals surface area contributed by atoms with Gasteiger partial charge < -0.3 is 15.0 Å². The smallest absolute Gasteiger partial charge is 0.261 e. The van der Waals surface area contributed by atoms with Gasteiger partial charge >= 0.3 is 0 Å². The van der Waals surface area contributed by atoms with E-state index in [-0.39, 0.29) is 49.1 Å². The van der Waals surface area contributed by atoms with Crippen LogP contribution in [0.1, 0.15) is 46.9 Å². The molecule has 0 aliphatic carbocycles. The minimum absolute atomic E-state index is 0.0505. The molecule has 2 heterocycles. The number of ether oxygens (including phenoxy) is 1. The lowest BCUT2D eigenvalue weighted by molar-refractivity contribution is -0.121. The molecule has 2 aromatic carbocycles. The maximum atomic E-state index is 12.4. The molecular weight excluding hydrogens is 410 g/mol. The van der Waals surface area contributed by atoms with Gasteiger partial charge in [0.1, 0.15) is 5.75 Å². The van der Waals surface area contributed by atoms with Gasteiger partial charge in [0.05, 0.1) is 23.8 Å². The first-order valence-electron chi connectivity index (χ1n) is 10.8. The van der Waals surface area contributed by atoms with E-state index in [0.717, 1.165) is 11.4 Å². The molecular formula is C24H25N3O5. The highest BCUT2D eigenvalue weighted by Gasteiger charge is 2.35. The summed E-state index contributed by atoms with van der Waals surface area (Å²) in [6, 6.07) is 13.7. The van der Waals surface area contributed by atoms with Crippen LogP contribution in [0.15, 0.2) is 48.5 Å². The van der Waals surface area contributed by atoms with Gasteiger partial charge in [0, 0.05) is 31.6 Å². The van der Waals surface area contributed by atoms with Crippen molar-refractivity contribution in [3.05, 3.63) is 59.7 Å². The second kappa shape index (κ2) is 9.21. The van der Waals surface area contributed by atoms with Crippen LogP contribution in [0.3, 0.4) is 0 Å². The van der Waals surface area contributed by atoms with E-state index in [9.17, 15) is 19.2 Å². The number of hydrogen-bond acceptors (Lipinski definition) is 5. The third-order valence-corrected chi connectivity index (χ3v) is 5.61. The summed E-state index contributed by atoms with van der Waals surface area (Å²) in [4.78, 5) is 52.4. The Hall–Kier alpha value is -3.68. The minimum Gasteiger partial charge on any atom is -0.494 e. The lowest BCUT2D eigenvalue weighted by Gasteiger charge is -2.18. The Kier molecular flexibility index (Phi) is 6.20. The third kappa shape index (κ3) is 4.34. The van der Waals surface area contributed by atoms with Crippen LogP contribution in [0.5, 0.6) is 5.75 Å². The number of nitrogens with zero attached hydrogens (tertiary/aromatic N) is 2. The summed E-state index contributed by atoms with van der Waals surface area (Å²) in [6.07, 6.45) is 0.763. The van der Waals surface area contributed by atoms with Crippen molar-refractivity contribution in [2.45, 2.75) is 32.2 Å². The standard InChI is InChI=1S/C24H25N3O5/c1-2-32-18-11-9-17(10-12-18)27-15-16(14-22(27)29)25-21(28)8-5-13-26-23(30)19-6-3-4-7-20(19)24(26)31/h3-4,6-7,9-12,16H,2,5,8,13-15H2,1H3,(H,25,28). The summed E-state index contributed by atoms with van der Waals surface area (Å²) in [5.74, 6) is -0.152. The molecule has 8 nitrogen and oxygen atoms in total. The molecule has 0 aromatic heterocycles. The van der Waals surface area contributed by atoms with Crippen LogP contribution in [-0.2, 0) is 9.59 Å². The van der Waals surface area contributed by atoms with Crippen molar-refractivity contribution in [3.63, 3.8) is 0 Å². The normalized spacial score (nSPS) is 17.7. The van der Waals surface area contributed by atoms with Gasteiger partial charge in [-0.15, -0.1) is 0 Å². The lowest BCUT2D eigenvalue weighted by Crippen LogP contribution is -2.37. The van der Waals surface area contributed by atoms with Gasteiger partial charge in [0.15, 0.2) is 0 Å². The van der Waals surface area contributed by atoms with Crippen LogP contribution in [0.2, 0.25) is 0 Å². The van der Waals surface area contributed by atoms with Crippen LogP contribution in [-0.4, -0.2) is 54.3 Å². The van der Waals surface area contributed by atoms with Gasteiger partial charge in [-0.2, -0.15) is 0 Å². The fourth-order valence-electron chi connectivity index (χ4n) is 4.08.